The van der Waals surface area contributed by atoms with Gasteiger partial charge in [0.25, 0.3) is 11.8 Å². The number of hydrogen-bond acceptors (Lipinski definition) is 4. The molecular formula is C21H26FN3O3. The Labute approximate surface area is 164 Å². The Morgan fingerprint density at radius 2 is 1.71 bits per heavy atom. The molecule has 0 saturated carbocycles. The number of aryl methyl sites for hydroxylation is 2. The van der Waals surface area contributed by atoms with Crippen LogP contribution in [0.5, 0.6) is 0 Å². The van der Waals surface area contributed by atoms with Crippen LogP contribution in [-0.2, 0) is 4.79 Å². The van der Waals surface area contributed by atoms with Crippen molar-refractivity contribution in [2.75, 3.05) is 11.9 Å². The van der Waals surface area contributed by atoms with Crippen molar-refractivity contribution < 1.29 is 19.2 Å². The molecule has 0 fully saturated rings. The highest BCUT2D eigenvalue weighted by molar-refractivity contribution is 5.94. The number of carbonyl (C=O) groups excluding carboxylic acids is 2. The van der Waals surface area contributed by atoms with E-state index in [1.165, 1.54) is 0 Å². The molecule has 0 aliphatic rings. The summed E-state index contributed by atoms with van der Waals surface area (Å²) < 4.78 is 13.8. The Morgan fingerprint density at radius 1 is 1.07 bits per heavy atom. The lowest BCUT2D eigenvalue weighted by molar-refractivity contribution is -0.130. The number of carbonyl (C=O) groups is 2. The van der Waals surface area contributed by atoms with Crippen LogP contribution in [0, 0.1) is 19.7 Å². The van der Waals surface area contributed by atoms with Crippen LogP contribution in [0.3, 0.4) is 0 Å². The summed E-state index contributed by atoms with van der Waals surface area (Å²) in [5.74, 6) is -0.976. The number of unbranched alkanes of at least 4 members (excludes halogenated alkanes) is 1. The molecular weight excluding hydrogens is 361 g/mol. The quantitative estimate of drug-likeness (QED) is 0.302. The highest BCUT2D eigenvalue weighted by Gasteiger charge is 2.18. The van der Waals surface area contributed by atoms with E-state index >= 15 is 0 Å². The molecule has 28 heavy (non-hydrogen) atoms. The van der Waals surface area contributed by atoms with Gasteiger partial charge in [0.05, 0.1) is 0 Å². The molecule has 7 heteroatoms. The Bertz CT molecular complexity index is 789. The zero-order valence-electron chi connectivity index (χ0n) is 16.1. The molecule has 2 aromatic rings. The zero-order chi connectivity index (χ0) is 20.5. The summed E-state index contributed by atoms with van der Waals surface area (Å²) in [5.41, 5.74) is 3.84. The Balaban J connectivity index is 1.84. The molecule has 4 N–H and O–H groups in total. The number of hydrogen-bond donors (Lipinski definition) is 4. The number of halogens is 1. The molecule has 0 spiro atoms. The fraction of sp³-hybridized carbons (Fsp3) is 0.333. The van der Waals surface area contributed by atoms with E-state index in [-0.39, 0.29) is 11.7 Å². The van der Waals surface area contributed by atoms with E-state index < -0.39 is 11.9 Å². The topological polar surface area (TPSA) is 90.5 Å². The van der Waals surface area contributed by atoms with Crippen LogP contribution in [0.1, 0.15) is 40.7 Å². The zero-order valence-corrected chi connectivity index (χ0v) is 16.1. The maximum absolute atomic E-state index is 13.8. The summed E-state index contributed by atoms with van der Waals surface area (Å²) in [6.07, 6.45) is 1.78. The van der Waals surface area contributed by atoms with E-state index in [9.17, 15) is 14.0 Å². The van der Waals surface area contributed by atoms with Crippen molar-refractivity contribution in [3.63, 3.8) is 0 Å². The van der Waals surface area contributed by atoms with Gasteiger partial charge in [0.2, 0.25) is 0 Å². The van der Waals surface area contributed by atoms with E-state index in [4.69, 9.17) is 5.21 Å². The second kappa shape index (κ2) is 10.4. The molecule has 0 aliphatic carbocycles. The van der Waals surface area contributed by atoms with Crippen molar-refractivity contribution in [1.82, 2.24) is 10.8 Å². The van der Waals surface area contributed by atoms with Crippen LogP contribution in [0.2, 0.25) is 0 Å². The first-order valence-corrected chi connectivity index (χ1v) is 9.23. The van der Waals surface area contributed by atoms with Gasteiger partial charge in [-0.2, -0.15) is 0 Å². The van der Waals surface area contributed by atoms with Gasteiger partial charge in [-0.05, 0) is 68.5 Å². The summed E-state index contributed by atoms with van der Waals surface area (Å²) in [6.45, 7) is 3.80. The monoisotopic (exact) mass is 387 g/mol. The van der Waals surface area contributed by atoms with Crippen LogP contribution in [0.4, 0.5) is 10.1 Å². The molecule has 2 amide bonds. The van der Waals surface area contributed by atoms with Gasteiger partial charge >= 0.3 is 0 Å². The molecule has 0 heterocycles. The van der Waals surface area contributed by atoms with E-state index in [0.29, 0.717) is 48.2 Å². The van der Waals surface area contributed by atoms with Crippen molar-refractivity contribution in [2.45, 2.75) is 39.2 Å². The van der Waals surface area contributed by atoms with E-state index in [0.717, 1.165) is 0 Å². The minimum atomic E-state index is -0.668. The smallest absolute Gasteiger partial charge is 0.265 e. The first kappa shape index (κ1) is 21.4. The molecule has 0 saturated heterocycles. The maximum Gasteiger partial charge on any atom is 0.265 e. The van der Waals surface area contributed by atoms with Gasteiger partial charge in [0.1, 0.15) is 11.9 Å². The van der Waals surface area contributed by atoms with Crippen molar-refractivity contribution in [1.29, 1.82) is 0 Å². The number of benzene rings is 2. The van der Waals surface area contributed by atoms with E-state index in [1.807, 2.05) is 6.07 Å². The average molecular weight is 387 g/mol. The third-order valence-corrected chi connectivity index (χ3v) is 4.45. The molecule has 2 rings (SSSR count). The first-order chi connectivity index (χ1) is 13.4. The van der Waals surface area contributed by atoms with E-state index in [1.54, 1.807) is 55.7 Å². The highest BCUT2D eigenvalue weighted by Crippen LogP contribution is 2.20. The van der Waals surface area contributed by atoms with Crippen molar-refractivity contribution in [3.05, 3.63) is 65.0 Å². The van der Waals surface area contributed by atoms with Gasteiger partial charge in [0, 0.05) is 17.8 Å². The Hall–Kier alpha value is -2.93. The molecule has 0 aromatic heterocycles. The summed E-state index contributed by atoms with van der Waals surface area (Å²) >= 11 is 0. The summed E-state index contributed by atoms with van der Waals surface area (Å²) in [4.78, 5) is 23.9. The molecule has 0 aliphatic heterocycles. The van der Waals surface area contributed by atoms with Crippen molar-refractivity contribution in [3.8, 4) is 0 Å². The Morgan fingerprint density at radius 3 is 2.32 bits per heavy atom. The van der Waals surface area contributed by atoms with Crippen LogP contribution in [0.15, 0.2) is 42.5 Å². The third kappa shape index (κ3) is 6.06. The lowest BCUT2D eigenvalue weighted by Crippen LogP contribution is -2.38. The fourth-order valence-corrected chi connectivity index (χ4v) is 2.94. The van der Waals surface area contributed by atoms with Gasteiger partial charge in [-0.25, -0.2) is 9.87 Å². The predicted octanol–water partition coefficient (Wildman–Crippen LogP) is 3.33. The SMILES string of the molecule is Cc1cc(NC(CCCCNC(=O)c2ccccc2)C(=O)NO)cc(C)c1F. The molecule has 150 valence electrons. The predicted molar refractivity (Wildman–Crippen MR) is 106 cm³/mol. The summed E-state index contributed by atoms with van der Waals surface area (Å²) in [6, 6.07) is 11.5. The van der Waals surface area contributed by atoms with Gasteiger partial charge in [-0.3, -0.25) is 14.8 Å². The second-order valence-corrected chi connectivity index (χ2v) is 6.71. The lowest BCUT2D eigenvalue weighted by Gasteiger charge is -2.19. The van der Waals surface area contributed by atoms with Crippen LogP contribution in [0.25, 0.3) is 0 Å². The lowest BCUT2D eigenvalue weighted by atomic mass is 10.1. The molecule has 1 atom stereocenters. The van der Waals surface area contributed by atoms with Crippen molar-refractivity contribution >= 4 is 17.5 Å². The standard InChI is InChI=1S/C21H26FN3O3/c1-14-12-17(13-15(2)19(14)22)24-18(21(27)25-28)10-6-7-11-23-20(26)16-8-4-3-5-9-16/h3-5,8-9,12-13,18,24,28H,6-7,10-11H2,1-2H3,(H,23,26)(H,25,27). The average Bonchev–Trinajstić information content (AvgIpc) is 2.70. The van der Waals surface area contributed by atoms with Crippen LogP contribution >= 0.6 is 0 Å². The highest BCUT2D eigenvalue weighted by atomic mass is 19.1. The van der Waals surface area contributed by atoms with Gasteiger partial charge in [0.15, 0.2) is 0 Å². The summed E-state index contributed by atoms with van der Waals surface area (Å²) in [7, 11) is 0. The number of nitrogens with one attached hydrogen (secondary N) is 3. The van der Waals surface area contributed by atoms with Crippen LogP contribution < -0.4 is 16.1 Å². The molecule has 0 bridgehead atoms. The van der Waals surface area contributed by atoms with Gasteiger partial charge in [-0.1, -0.05) is 18.2 Å². The largest absolute Gasteiger partial charge is 0.374 e. The third-order valence-electron chi connectivity index (χ3n) is 4.45. The van der Waals surface area contributed by atoms with Gasteiger partial charge in [-0.15, -0.1) is 0 Å². The molecule has 2 aromatic carbocycles. The minimum absolute atomic E-state index is 0.138. The fourth-order valence-electron chi connectivity index (χ4n) is 2.94. The number of amides is 2. The molecule has 6 nitrogen and oxygen atoms in total. The minimum Gasteiger partial charge on any atom is -0.374 e. The normalized spacial score (nSPS) is 11.6. The molecule has 0 radical (unpaired) electrons. The second-order valence-electron chi connectivity index (χ2n) is 6.71. The maximum atomic E-state index is 13.8. The molecule has 1 unspecified atom stereocenters. The number of rotatable bonds is 9. The number of anilines is 1. The van der Waals surface area contributed by atoms with Gasteiger partial charge < -0.3 is 10.6 Å². The Kier molecular flexibility index (Phi) is 7.95. The number of hydroxylamine groups is 1. The first-order valence-electron chi connectivity index (χ1n) is 9.23. The van der Waals surface area contributed by atoms with E-state index in [2.05, 4.69) is 10.6 Å². The van der Waals surface area contributed by atoms with Crippen LogP contribution in [-0.4, -0.2) is 29.6 Å². The van der Waals surface area contributed by atoms with Crippen molar-refractivity contribution in [2.24, 2.45) is 0 Å². The summed E-state index contributed by atoms with van der Waals surface area (Å²) in [5, 5.41) is 14.9.